The van der Waals surface area contributed by atoms with Crippen molar-refractivity contribution in [1.82, 2.24) is 4.98 Å². The van der Waals surface area contributed by atoms with Crippen molar-refractivity contribution in [2.45, 2.75) is 0 Å². The van der Waals surface area contributed by atoms with E-state index in [1.807, 2.05) is 6.07 Å². The van der Waals surface area contributed by atoms with Crippen LogP contribution in [0.5, 0.6) is 0 Å². The van der Waals surface area contributed by atoms with Crippen molar-refractivity contribution in [2.75, 3.05) is 0 Å². The number of hydrogen-bond acceptors (Lipinski definition) is 2. The van der Waals surface area contributed by atoms with E-state index in [1.165, 1.54) is 17.2 Å². The molecule has 0 fully saturated rings. The highest BCUT2D eigenvalue weighted by Crippen LogP contribution is 2.33. The van der Waals surface area contributed by atoms with Crippen molar-refractivity contribution < 1.29 is 0 Å². The normalized spacial score (nSPS) is 11.3. The van der Waals surface area contributed by atoms with Crippen molar-refractivity contribution in [3.8, 4) is 0 Å². The number of fused-ring (bicyclic) bond motifs is 2. The molecule has 0 spiro atoms. The number of nitrogens with zero attached hydrogens (tertiary/aromatic N) is 1. The number of rotatable bonds is 0. The molecule has 1 nitrogen and oxygen atoms in total. The van der Waals surface area contributed by atoms with E-state index in [1.54, 1.807) is 11.3 Å². The number of benzene rings is 1. The van der Waals surface area contributed by atoms with E-state index in [9.17, 15) is 0 Å². The molecule has 0 unspecified atom stereocenters. The van der Waals surface area contributed by atoms with Crippen LogP contribution in [-0.4, -0.2) is 4.98 Å². The standard InChI is InChI=1S/C11H5I2NS/c12-9-7-5-6-3-1-2-4-8(6)14-11(7)15-10(9)13/h1-5H. The van der Waals surface area contributed by atoms with Crippen LogP contribution in [0, 0.1) is 6.45 Å². The molecular weight excluding hydrogens is 432 g/mol. The number of hydrogen-bond donors (Lipinski definition) is 0. The lowest BCUT2D eigenvalue weighted by Gasteiger charge is -1.96. The van der Waals surface area contributed by atoms with E-state index in [0.29, 0.717) is 0 Å². The summed E-state index contributed by atoms with van der Waals surface area (Å²) < 4.78 is 2.65. The van der Waals surface area contributed by atoms with Crippen molar-refractivity contribution in [2.24, 2.45) is 0 Å². The first-order valence-electron chi connectivity index (χ1n) is 4.39. The van der Waals surface area contributed by atoms with Gasteiger partial charge in [-0.05, 0) is 57.3 Å². The molecule has 0 aliphatic rings. The third-order valence-electron chi connectivity index (χ3n) is 2.28. The van der Waals surface area contributed by atoms with E-state index in [0.717, 1.165) is 10.3 Å². The highest BCUT2D eigenvalue weighted by atomic mass is 127. The molecule has 74 valence electrons. The molecule has 1 aromatic carbocycles. The average molecular weight is 437 g/mol. The van der Waals surface area contributed by atoms with E-state index in [-0.39, 0.29) is 0 Å². The van der Waals surface area contributed by atoms with Crippen molar-refractivity contribution in [1.29, 1.82) is 0 Å². The lowest BCUT2D eigenvalue weighted by atomic mass is 10.2. The molecule has 0 amide bonds. The molecule has 0 radical (unpaired) electrons. The van der Waals surface area contributed by atoms with Crippen LogP contribution in [0.3, 0.4) is 0 Å². The molecular formula is C11H5I2NS. The second-order valence-electron chi connectivity index (χ2n) is 3.22. The summed E-state index contributed by atoms with van der Waals surface area (Å²) in [6.07, 6.45) is 0. The van der Waals surface area contributed by atoms with Crippen LogP contribution in [0.15, 0.2) is 30.3 Å². The summed E-state index contributed by atoms with van der Waals surface area (Å²) in [5.41, 5.74) is 1.08. The minimum atomic E-state index is 1.08. The van der Waals surface area contributed by atoms with Gasteiger partial charge in [0.05, 0.1) is 8.40 Å². The van der Waals surface area contributed by atoms with Crippen molar-refractivity contribution in [3.63, 3.8) is 0 Å². The summed E-state index contributed by atoms with van der Waals surface area (Å²) in [5.74, 6) is 0. The second kappa shape index (κ2) is 3.81. The summed E-state index contributed by atoms with van der Waals surface area (Å²) in [5, 5.41) is 2.50. The number of pyridine rings is 1. The maximum atomic E-state index is 4.67. The third kappa shape index (κ3) is 1.66. The highest BCUT2D eigenvalue weighted by Gasteiger charge is 2.09. The first-order valence-corrected chi connectivity index (χ1v) is 7.36. The Kier molecular flexibility index (Phi) is 2.60. The van der Waals surface area contributed by atoms with E-state index in [4.69, 9.17) is 0 Å². The minimum Gasteiger partial charge on any atom is -0.237 e. The lowest BCUT2D eigenvalue weighted by Crippen LogP contribution is -1.78. The topological polar surface area (TPSA) is 12.9 Å². The van der Waals surface area contributed by atoms with Crippen LogP contribution in [0.4, 0.5) is 0 Å². The molecule has 0 saturated heterocycles. The molecule has 15 heavy (non-hydrogen) atoms. The van der Waals surface area contributed by atoms with Gasteiger partial charge in [0.15, 0.2) is 0 Å². The lowest BCUT2D eigenvalue weighted by molar-refractivity contribution is 1.54. The Hall–Kier alpha value is 0.0500. The summed E-state index contributed by atoms with van der Waals surface area (Å²) >= 11 is 6.53. The zero-order valence-electron chi connectivity index (χ0n) is 7.50. The molecule has 3 rings (SSSR count). The molecule has 0 bridgehead atoms. The van der Waals surface area contributed by atoms with Gasteiger partial charge >= 0.3 is 0 Å². The Bertz CT molecular complexity index is 660. The first kappa shape index (κ1) is 10.2. The molecule has 4 heteroatoms. The molecule has 2 heterocycles. The Morgan fingerprint density at radius 3 is 2.80 bits per heavy atom. The summed E-state index contributed by atoms with van der Waals surface area (Å²) in [7, 11) is 0. The number of aromatic nitrogens is 1. The largest absolute Gasteiger partial charge is 0.237 e. The predicted molar refractivity (Wildman–Crippen MR) is 82.6 cm³/mol. The maximum Gasteiger partial charge on any atom is 0.126 e. The van der Waals surface area contributed by atoms with Crippen LogP contribution in [0.1, 0.15) is 0 Å². The number of halogens is 2. The molecule has 2 aromatic heterocycles. The van der Waals surface area contributed by atoms with Crippen molar-refractivity contribution in [3.05, 3.63) is 36.8 Å². The monoisotopic (exact) mass is 437 g/mol. The highest BCUT2D eigenvalue weighted by molar-refractivity contribution is 14.1. The van der Waals surface area contributed by atoms with Gasteiger partial charge in [-0.25, -0.2) is 4.98 Å². The molecule has 0 N–H and O–H groups in total. The van der Waals surface area contributed by atoms with Crippen LogP contribution < -0.4 is 0 Å². The van der Waals surface area contributed by atoms with Gasteiger partial charge in [0, 0.05) is 14.3 Å². The summed E-state index contributed by atoms with van der Waals surface area (Å²) in [6.45, 7) is 0. The third-order valence-corrected chi connectivity index (χ3v) is 6.89. The van der Waals surface area contributed by atoms with Gasteiger partial charge in [0.25, 0.3) is 0 Å². The zero-order chi connectivity index (χ0) is 10.4. The Labute approximate surface area is 118 Å². The Morgan fingerprint density at radius 2 is 1.93 bits per heavy atom. The van der Waals surface area contributed by atoms with Crippen LogP contribution >= 0.6 is 56.5 Å². The molecule has 3 aromatic rings. The van der Waals surface area contributed by atoms with Gasteiger partial charge in [0.2, 0.25) is 0 Å². The fourth-order valence-corrected chi connectivity index (χ4v) is 4.19. The van der Waals surface area contributed by atoms with Gasteiger partial charge in [-0.1, -0.05) is 18.2 Å². The fraction of sp³-hybridized carbons (Fsp3) is 0. The smallest absolute Gasteiger partial charge is 0.126 e. The van der Waals surface area contributed by atoms with Gasteiger partial charge in [0.1, 0.15) is 4.83 Å². The van der Waals surface area contributed by atoms with Crippen molar-refractivity contribution >= 4 is 77.6 Å². The van der Waals surface area contributed by atoms with Gasteiger partial charge in [-0.15, -0.1) is 11.3 Å². The zero-order valence-corrected chi connectivity index (χ0v) is 12.6. The first-order chi connectivity index (χ1) is 7.25. The minimum absolute atomic E-state index is 1.08. The molecule has 0 saturated carbocycles. The number of thiophene rings is 1. The van der Waals surface area contributed by atoms with E-state index >= 15 is 0 Å². The van der Waals surface area contributed by atoms with E-state index in [2.05, 4.69) is 74.4 Å². The molecule has 0 aliphatic carbocycles. The SMILES string of the molecule is Ic1sc2nc3ccccc3cc2c1I. The van der Waals surface area contributed by atoms with Gasteiger partial charge < -0.3 is 0 Å². The number of para-hydroxylation sites is 1. The second-order valence-corrected chi connectivity index (χ2v) is 7.11. The van der Waals surface area contributed by atoms with Crippen LogP contribution in [0.2, 0.25) is 0 Å². The van der Waals surface area contributed by atoms with Gasteiger partial charge in [-0.2, -0.15) is 0 Å². The van der Waals surface area contributed by atoms with E-state index < -0.39 is 0 Å². The Morgan fingerprint density at radius 1 is 1.13 bits per heavy atom. The molecule has 0 atom stereocenters. The van der Waals surface area contributed by atoms with Gasteiger partial charge in [-0.3, -0.25) is 0 Å². The van der Waals surface area contributed by atoms with Crippen LogP contribution in [0.25, 0.3) is 21.1 Å². The summed E-state index contributed by atoms with van der Waals surface area (Å²) in [4.78, 5) is 5.81. The van der Waals surface area contributed by atoms with Crippen LogP contribution in [-0.2, 0) is 0 Å². The predicted octanol–water partition coefficient (Wildman–Crippen LogP) is 4.66. The quantitative estimate of drug-likeness (QED) is 0.467. The summed E-state index contributed by atoms with van der Waals surface area (Å²) in [6, 6.07) is 10.5. The maximum absolute atomic E-state index is 4.67. The molecule has 0 aliphatic heterocycles. The average Bonchev–Trinajstić information content (AvgIpc) is 2.52. The Balaban J connectivity index is 2.53. The fourth-order valence-electron chi connectivity index (χ4n) is 1.57.